The van der Waals surface area contributed by atoms with E-state index in [1.807, 2.05) is 71.8 Å². The molecule has 0 saturated heterocycles. The van der Waals surface area contributed by atoms with Gasteiger partial charge in [0.2, 0.25) is 5.91 Å². The molecule has 0 heterocycles. The summed E-state index contributed by atoms with van der Waals surface area (Å²) in [6, 6.07) is 11.2. The van der Waals surface area contributed by atoms with Crippen molar-refractivity contribution >= 4 is 29.0 Å². The number of benzene rings is 2. The fraction of sp³-hybridized carbons (Fsp3) is 0.462. The Morgan fingerprint density at radius 3 is 2.27 bits per heavy atom. The van der Waals surface area contributed by atoms with E-state index in [1.54, 1.807) is 17.0 Å². The molecule has 0 saturated carbocycles. The molecule has 0 aliphatic rings. The minimum Gasteiger partial charge on any atom is -0.377 e. The van der Waals surface area contributed by atoms with Crippen LogP contribution in [0, 0.1) is 11.2 Å². The van der Waals surface area contributed by atoms with Gasteiger partial charge >= 0.3 is 6.03 Å². The molecule has 1 atom stereocenters. The van der Waals surface area contributed by atoms with Gasteiger partial charge in [-0.05, 0) is 60.7 Å². The van der Waals surface area contributed by atoms with Crippen molar-refractivity contribution in [2.75, 3.05) is 29.6 Å². The molecular formula is C26H37FN4O2. The Balaban J connectivity index is 2.31. The van der Waals surface area contributed by atoms with Crippen LogP contribution in [-0.4, -0.2) is 37.0 Å². The van der Waals surface area contributed by atoms with Crippen LogP contribution in [0.4, 0.5) is 26.2 Å². The van der Waals surface area contributed by atoms with Gasteiger partial charge in [-0.25, -0.2) is 9.18 Å². The van der Waals surface area contributed by atoms with Gasteiger partial charge in [0.1, 0.15) is 5.82 Å². The van der Waals surface area contributed by atoms with Crippen LogP contribution in [-0.2, 0) is 11.3 Å². The highest BCUT2D eigenvalue weighted by Crippen LogP contribution is 2.27. The van der Waals surface area contributed by atoms with E-state index in [0.29, 0.717) is 24.3 Å². The summed E-state index contributed by atoms with van der Waals surface area (Å²) < 4.78 is 13.6. The Morgan fingerprint density at radius 1 is 1.03 bits per heavy atom. The highest BCUT2D eigenvalue weighted by molar-refractivity contribution is 5.92. The van der Waals surface area contributed by atoms with Crippen molar-refractivity contribution in [3.63, 3.8) is 0 Å². The largest absolute Gasteiger partial charge is 0.377 e. The third-order valence-corrected chi connectivity index (χ3v) is 5.34. The highest BCUT2D eigenvalue weighted by Gasteiger charge is 2.22. The van der Waals surface area contributed by atoms with E-state index in [4.69, 9.17) is 0 Å². The molecule has 2 rings (SSSR count). The van der Waals surface area contributed by atoms with E-state index in [9.17, 15) is 14.0 Å². The fourth-order valence-corrected chi connectivity index (χ4v) is 3.51. The third-order valence-electron chi connectivity index (χ3n) is 5.34. The maximum Gasteiger partial charge on any atom is 0.322 e. The molecule has 0 unspecified atom stereocenters. The van der Waals surface area contributed by atoms with Crippen molar-refractivity contribution in [1.82, 2.24) is 4.90 Å². The van der Waals surface area contributed by atoms with Crippen molar-refractivity contribution in [2.24, 2.45) is 5.41 Å². The molecule has 0 radical (unpaired) electrons. The topological polar surface area (TPSA) is 64.7 Å². The number of rotatable bonds is 8. The van der Waals surface area contributed by atoms with Gasteiger partial charge in [0, 0.05) is 50.2 Å². The number of urea groups is 1. The maximum absolute atomic E-state index is 13.6. The summed E-state index contributed by atoms with van der Waals surface area (Å²) in [5.74, 6) is -0.454. The first-order chi connectivity index (χ1) is 15.4. The molecule has 6 nitrogen and oxygen atoms in total. The molecule has 2 aromatic carbocycles. The number of hydrogen-bond donors (Lipinski definition) is 2. The van der Waals surface area contributed by atoms with Crippen molar-refractivity contribution in [3.05, 3.63) is 53.8 Å². The highest BCUT2D eigenvalue weighted by atomic mass is 19.1. The summed E-state index contributed by atoms with van der Waals surface area (Å²) in [6.45, 7) is 10.4. The summed E-state index contributed by atoms with van der Waals surface area (Å²) in [5, 5.41) is 5.78. The smallest absolute Gasteiger partial charge is 0.322 e. The van der Waals surface area contributed by atoms with Crippen LogP contribution in [0.25, 0.3) is 0 Å². The molecule has 33 heavy (non-hydrogen) atoms. The SMILES string of the molecule is CC[C@@H](C)N(Cc1cc(NC(=O)CC(C)(C)C)ccc1N(C)C)C(=O)Nc1cccc(F)c1. The van der Waals surface area contributed by atoms with Crippen LogP contribution in [0.3, 0.4) is 0 Å². The van der Waals surface area contributed by atoms with E-state index in [1.165, 1.54) is 12.1 Å². The van der Waals surface area contributed by atoms with Gasteiger partial charge in [-0.1, -0.05) is 33.8 Å². The summed E-state index contributed by atoms with van der Waals surface area (Å²) in [6.07, 6.45) is 1.17. The third kappa shape index (κ3) is 8.08. The zero-order valence-electron chi connectivity index (χ0n) is 20.8. The zero-order valence-corrected chi connectivity index (χ0v) is 20.8. The molecule has 2 N–H and O–H groups in total. The van der Waals surface area contributed by atoms with Gasteiger partial charge in [0.05, 0.1) is 0 Å². The van der Waals surface area contributed by atoms with Crippen LogP contribution in [0.5, 0.6) is 0 Å². The molecule has 180 valence electrons. The van der Waals surface area contributed by atoms with Gasteiger partial charge in [0.25, 0.3) is 0 Å². The predicted molar refractivity (Wildman–Crippen MR) is 134 cm³/mol. The molecule has 0 aromatic heterocycles. The number of anilines is 3. The van der Waals surface area contributed by atoms with Crippen LogP contribution < -0.4 is 15.5 Å². The van der Waals surface area contributed by atoms with Crippen LogP contribution in [0.2, 0.25) is 0 Å². The molecule has 2 aromatic rings. The molecule has 0 aliphatic carbocycles. The predicted octanol–water partition coefficient (Wildman–Crippen LogP) is 6.10. The second-order valence-electron chi connectivity index (χ2n) is 9.85. The number of halogens is 1. The van der Waals surface area contributed by atoms with Gasteiger partial charge in [-0.15, -0.1) is 0 Å². The fourth-order valence-electron chi connectivity index (χ4n) is 3.51. The minimum atomic E-state index is -0.406. The Hall–Kier alpha value is -3.09. The average Bonchev–Trinajstić information content (AvgIpc) is 2.69. The Bertz CT molecular complexity index is 969. The van der Waals surface area contributed by atoms with E-state index >= 15 is 0 Å². The first kappa shape index (κ1) is 26.2. The molecule has 3 amide bonds. The standard InChI is InChI=1S/C26H37FN4O2/c1-8-18(2)31(25(33)29-21-11-9-10-20(27)15-21)17-19-14-22(12-13-23(19)30(6)7)28-24(32)16-26(3,4)5/h9-15,18H,8,16-17H2,1-7H3,(H,28,32)(H,29,33)/t18-/m1/s1. The van der Waals surface area contributed by atoms with Crippen LogP contribution in [0.15, 0.2) is 42.5 Å². The second-order valence-corrected chi connectivity index (χ2v) is 9.85. The van der Waals surface area contributed by atoms with Crippen molar-refractivity contribution < 1.29 is 14.0 Å². The number of hydrogen-bond acceptors (Lipinski definition) is 3. The second kappa shape index (κ2) is 11.2. The lowest BCUT2D eigenvalue weighted by atomic mass is 9.92. The Morgan fingerprint density at radius 2 is 1.70 bits per heavy atom. The van der Waals surface area contributed by atoms with Gasteiger partial charge in [0.15, 0.2) is 0 Å². The number of carbonyl (C=O) groups excluding carboxylic acids is 2. The lowest BCUT2D eigenvalue weighted by Gasteiger charge is -2.31. The normalized spacial score (nSPS) is 12.1. The van der Waals surface area contributed by atoms with Gasteiger partial charge < -0.3 is 20.4 Å². The van der Waals surface area contributed by atoms with Gasteiger partial charge in [-0.3, -0.25) is 4.79 Å². The molecule has 0 bridgehead atoms. The van der Waals surface area contributed by atoms with E-state index < -0.39 is 5.82 Å². The lowest BCUT2D eigenvalue weighted by Crippen LogP contribution is -2.41. The number of amides is 3. The monoisotopic (exact) mass is 456 g/mol. The summed E-state index contributed by atoms with van der Waals surface area (Å²) in [7, 11) is 3.88. The van der Waals surface area contributed by atoms with Crippen LogP contribution in [0.1, 0.15) is 53.0 Å². The zero-order chi connectivity index (χ0) is 24.8. The van der Waals surface area contributed by atoms with Crippen molar-refractivity contribution in [2.45, 2.75) is 60.0 Å². The van der Waals surface area contributed by atoms with Crippen molar-refractivity contribution in [1.29, 1.82) is 0 Å². The maximum atomic E-state index is 13.6. The summed E-state index contributed by atoms with van der Waals surface area (Å²) in [4.78, 5) is 29.3. The summed E-state index contributed by atoms with van der Waals surface area (Å²) in [5.41, 5.74) is 2.85. The van der Waals surface area contributed by atoms with E-state index in [-0.39, 0.29) is 23.4 Å². The molecule has 7 heteroatoms. The minimum absolute atomic E-state index is 0.0475. The molecule has 0 fully saturated rings. The summed E-state index contributed by atoms with van der Waals surface area (Å²) >= 11 is 0. The van der Waals surface area contributed by atoms with E-state index in [2.05, 4.69) is 10.6 Å². The molecule has 0 aliphatic heterocycles. The van der Waals surface area contributed by atoms with Crippen LogP contribution >= 0.6 is 0 Å². The van der Waals surface area contributed by atoms with Gasteiger partial charge in [-0.2, -0.15) is 0 Å². The average molecular weight is 457 g/mol. The number of nitrogens with zero attached hydrogens (tertiary/aromatic N) is 2. The molecular weight excluding hydrogens is 419 g/mol. The first-order valence-electron chi connectivity index (χ1n) is 11.3. The first-order valence-corrected chi connectivity index (χ1v) is 11.3. The quantitative estimate of drug-likeness (QED) is 0.504. The van der Waals surface area contributed by atoms with E-state index in [0.717, 1.165) is 17.7 Å². The Kier molecular flexibility index (Phi) is 8.85. The lowest BCUT2D eigenvalue weighted by molar-refractivity contribution is -0.117. The number of carbonyl (C=O) groups is 2. The molecule has 0 spiro atoms. The van der Waals surface area contributed by atoms with Crippen molar-refractivity contribution in [3.8, 4) is 0 Å². The number of nitrogens with one attached hydrogen (secondary N) is 2. The Labute approximate surface area is 197 Å².